The fourth-order valence-corrected chi connectivity index (χ4v) is 5.80. The first-order valence-corrected chi connectivity index (χ1v) is 20.5. The molecule has 0 rings (SSSR count). The second-order valence-corrected chi connectivity index (χ2v) is 13.5. The first kappa shape index (κ1) is 48.2. The van der Waals surface area contributed by atoms with Gasteiger partial charge in [-0.1, -0.05) is 129 Å². The summed E-state index contributed by atoms with van der Waals surface area (Å²) in [4.78, 5) is 0. The van der Waals surface area contributed by atoms with Crippen LogP contribution in [0.5, 0.6) is 0 Å². The molecule has 0 aromatic rings. The first-order valence-electron chi connectivity index (χ1n) is 20.5. The first-order chi connectivity index (χ1) is 24.1. The maximum atomic E-state index is 6.35. The Morgan fingerprint density at radius 1 is 0.388 bits per heavy atom. The lowest BCUT2D eigenvalue weighted by Gasteiger charge is -2.21. The highest BCUT2D eigenvalue weighted by molar-refractivity contribution is 4.89. The molecule has 0 N–H and O–H groups in total. The van der Waals surface area contributed by atoms with Gasteiger partial charge in [-0.25, -0.2) is 0 Å². The molecule has 2 atom stereocenters. The predicted molar refractivity (Wildman–Crippen MR) is 206 cm³/mol. The Morgan fingerprint density at radius 3 is 1.00 bits per heavy atom. The van der Waals surface area contributed by atoms with Gasteiger partial charge in [0, 0.05) is 28.4 Å². The van der Waals surface area contributed by atoms with E-state index in [2.05, 4.69) is 38.2 Å². The van der Waals surface area contributed by atoms with Crippen LogP contribution in [-0.4, -0.2) is 66.8 Å². The van der Waals surface area contributed by atoms with Crippen LogP contribution in [0.2, 0.25) is 0 Å². The van der Waals surface area contributed by atoms with E-state index in [1.807, 2.05) is 0 Å². The summed E-state index contributed by atoms with van der Waals surface area (Å²) in [5.41, 5.74) is 0. The van der Waals surface area contributed by atoms with E-state index in [1.165, 1.54) is 116 Å². The maximum absolute atomic E-state index is 6.35. The summed E-state index contributed by atoms with van der Waals surface area (Å²) in [6, 6.07) is 0. The number of methoxy groups -OCH3 is 4. The Morgan fingerprint density at radius 2 is 0.694 bits per heavy atom. The van der Waals surface area contributed by atoms with Gasteiger partial charge in [0.25, 0.3) is 0 Å². The van der Waals surface area contributed by atoms with Gasteiger partial charge in [-0.05, 0) is 76.4 Å². The van der Waals surface area contributed by atoms with Crippen molar-refractivity contribution in [1.29, 1.82) is 0 Å². The van der Waals surface area contributed by atoms with Crippen molar-refractivity contribution in [2.45, 2.75) is 206 Å². The number of hydrogen-bond donors (Lipinski definition) is 0. The number of rotatable bonds is 40. The van der Waals surface area contributed by atoms with Crippen molar-refractivity contribution in [3.8, 4) is 0 Å². The highest BCUT2D eigenvalue weighted by Crippen LogP contribution is 2.16. The minimum Gasteiger partial charge on any atom is -0.356 e. The second-order valence-electron chi connectivity index (χ2n) is 13.5. The Bertz CT molecular complexity index is 622. The van der Waals surface area contributed by atoms with Gasteiger partial charge in [0.15, 0.2) is 25.2 Å². The molecule has 7 heteroatoms. The molecule has 0 bridgehead atoms. The van der Waals surface area contributed by atoms with E-state index in [0.29, 0.717) is 13.2 Å². The van der Waals surface area contributed by atoms with E-state index in [0.717, 1.165) is 51.4 Å². The molecule has 0 amide bonds. The molecule has 2 unspecified atom stereocenters. The zero-order chi connectivity index (χ0) is 35.9. The average Bonchev–Trinajstić information content (AvgIpc) is 3.12. The molecule has 0 aromatic carbocycles. The van der Waals surface area contributed by atoms with Gasteiger partial charge in [0.05, 0.1) is 13.2 Å². The van der Waals surface area contributed by atoms with E-state index < -0.39 is 0 Å². The van der Waals surface area contributed by atoms with E-state index in [9.17, 15) is 0 Å². The average molecular weight is 699 g/mol. The minimum atomic E-state index is -0.368. The number of allylic oxidation sites excluding steroid dienone is 2. The molecular formula is C42H82O7. The largest absolute Gasteiger partial charge is 0.356 e. The predicted octanol–water partition coefficient (Wildman–Crippen LogP) is 12.2. The molecule has 0 fully saturated rings. The lowest BCUT2D eigenvalue weighted by molar-refractivity contribution is -0.208. The van der Waals surface area contributed by atoms with E-state index in [1.54, 1.807) is 28.4 Å². The fraction of sp³-hybridized carbons (Fsp3) is 0.905. The second kappa shape index (κ2) is 40.0. The van der Waals surface area contributed by atoms with Crippen LogP contribution in [-0.2, 0) is 33.2 Å². The summed E-state index contributed by atoms with van der Waals surface area (Å²) < 4.78 is 39.7. The number of ether oxygens (including phenoxy) is 7. The molecule has 0 radical (unpaired) electrons. The van der Waals surface area contributed by atoms with Crippen LogP contribution < -0.4 is 0 Å². The SMILES string of the molecule is CCCCOC(C=CCCCCCCCCCCCC(OC)OC)OC(C=CCCCCCCCCCCCC(OC)OC)OCCCC. The van der Waals surface area contributed by atoms with Crippen molar-refractivity contribution < 1.29 is 33.2 Å². The molecular weight excluding hydrogens is 616 g/mol. The van der Waals surface area contributed by atoms with Crippen LogP contribution in [0.25, 0.3) is 0 Å². The lowest BCUT2D eigenvalue weighted by atomic mass is 10.1. The van der Waals surface area contributed by atoms with Gasteiger partial charge in [-0.15, -0.1) is 0 Å². The summed E-state index contributed by atoms with van der Waals surface area (Å²) in [5.74, 6) is 0. The van der Waals surface area contributed by atoms with Crippen molar-refractivity contribution in [1.82, 2.24) is 0 Å². The minimum absolute atomic E-state index is 0.0416. The molecule has 49 heavy (non-hydrogen) atoms. The van der Waals surface area contributed by atoms with Crippen molar-refractivity contribution in [2.75, 3.05) is 41.7 Å². The van der Waals surface area contributed by atoms with Gasteiger partial charge in [-0.3, -0.25) is 0 Å². The smallest absolute Gasteiger partial charge is 0.180 e. The Labute approximate surface area is 304 Å². The Balaban J connectivity index is 4.29. The quantitative estimate of drug-likeness (QED) is 0.0358. The molecule has 0 aromatic heterocycles. The molecule has 0 saturated carbocycles. The van der Waals surface area contributed by atoms with Gasteiger partial charge in [0.1, 0.15) is 0 Å². The Kier molecular flexibility index (Phi) is 39.3. The molecule has 0 saturated heterocycles. The van der Waals surface area contributed by atoms with Gasteiger partial charge in [-0.2, -0.15) is 0 Å². The monoisotopic (exact) mass is 699 g/mol. The van der Waals surface area contributed by atoms with Crippen LogP contribution in [0.4, 0.5) is 0 Å². The van der Waals surface area contributed by atoms with E-state index in [-0.39, 0.29) is 25.2 Å². The summed E-state index contributed by atoms with van der Waals surface area (Å²) in [7, 11) is 6.87. The topological polar surface area (TPSA) is 64.6 Å². The summed E-state index contributed by atoms with van der Waals surface area (Å²) in [5, 5.41) is 0. The van der Waals surface area contributed by atoms with Crippen molar-refractivity contribution in [2.24, 2.45) is 0 Å². The van der Waals surface area contributed by atoms with Crippen LogP contribution in [0.3, 0.4) is 0 Å². The van der Waals surface area contributed by atoms with Crippen LogP contribution in [0, 0.1) is 0 Å². The zero-order valence-corrected chi connectivity index (χ0v) is 33.3. The zero-order valence-electron chi connectivity index (χ0n) is 33.3. The van der Waals surface area contributed by atoms with Crippen LogP contribution in [0.15, 0.2) is 24.3 Å². The molecule has 292 valence electrons. The fourth-order valence-electron chi connectivity index (χ4n) is 5.80. The highest BCUT2D eigenvalue weighted by Gasteiger charge is 2.13. The van der Waals surface area contributed by atoms with Crippen molar-refractivity contribution in [3.63, 3.8) is 0 Å². The third-order valence-electron chi connectivity index (χ3n) is 9.09. The molecule has 0 heterocycles. The third kappa shape index (κ3) is 34.1. The van der Waals surface area contributed by atoms with Gasteiger partial charge >= 0.3 is 0 Å². The van der Waals surface area contributed by atoms with Gasteiger partial charge in [0.2, 0.25) is 0 Å². The third-order valence-corrected chi connectivity index (χ3v) is 9.09. The van der Waals surface area contributed by atoms with E-state index in [4.69, 9.17) is 33.2 Å². The summed E-state index contributed by atoms with van der Waals surface area (Å²) in [6.07, 6.45) is 39.5. The molecule has 7 nitrogen and oxygen atoms in total. The molecule has 0 spiro atoms. The molecule has 0 aliphatic rings. The summed E-state index contributed by atoms with van der Waals surface area (Å²) >= 11 is 0. The van der Waals surface area contributed by atoms with Gasteiger partial charge < -0.3 is 33.2 Å². The number of unbranched alkanes of at least 4 members (excludes halogenated alkanes) is 20. The normalized spacial score (nSPS) is 13.6. The standard InChI is InChI=1S/C42H82O7/c1-7-9-37-47-41(35-31-27-23-19-15-11-13-17-21-25-29-33-39(43-3)44-4)49-42(48-38-10-8-2)36-32-28-24-20-16-12-14-18-22-26-30-34-40(45-5)46-6/h31-32,35-36,39-42H,7-30,33-34,37-38H2,1-6H3. The van der Waals surface area contributed by atoms with E-state index >= 15 is 0 Å². The Hall–Kier alpha value is -0.800. The van der Waals surface area contributed by atoms with Crippen molar-refractivity contribution >= 4 is 0 Å². The van der Waals surface area contributed by atoms with Crippen LogP contribution >= 0.6 is 0 Å². The number of hydrogen-bond acceptors (Lipinski definition) is 7. The van der Waals surface area contributed by atoms with Crippen molar-refractivity contribution in [3.05, 3.63) is 24.3 Å². The highest BCUT2D eigenvalue weighted by atomic mass is 16.8. The molecule has 0 aliphatic carbocycles. The summed E-state index contributed by atoms with van der Waals surface area (Å²) in [6.45, 7) is 5.80. The molecule has 0 aliphatic heterocycles. The van der Waals surface area contributed by atoms with Crippen LogP contribution in [0.1, 0.15) is 181 Å². The maximum Gasteiger partial charge on any atom is 0.180 e. The lowest BCUT2D eigenvalue weighted by Crippen LogP contribution is -2.25.